The number of hydrogen-bond donors (Lipinski definition) is 1. The number of amides is 1. The number of hydrogen-bond acceptors (Lipinski definition) is 3. The molecule has 1 N–H and O–H groups in total. The highest BCUT2D eigenvalue weighted by molar-refractivity contribution is 5.90. The van der Waals surface area contributed by atoms with Crippen molar-refractivity contribution in [1.29, 1.82) is 0 Å². The molecular formula is C20H22NO3-. The van der Waals surface area contributed by atoms with E-state index >= 15 is 0 Å². The van der Waals surface area contributed by atoms with Crippen LogP contribution < -0.4 is 10.4 Å². The van der Waals surface area contributed by atoms with Crippen LogP contribution in [-0.2, 0) is 9.59 Å². The van der Waals surface area contributed by atoms with Crippen LogP contribution in [0.3, 0.4) is 0 Å². The van der Waals surface area contributed by atoms with E-state index < -0.39 is 17.9 Å². The van der Waals surface area contributed by atoms with Crippen LogP contribution in [0, 0.1) is 0 Å². The van der Waals surface area contributed by atoms with Crippen LogP contribution in [0.25, 0.3) is 0 Å². The molecule has 0 aliphatic carbocycles. The van der Waals surface area contributed by atoms with E-state index in [1.807, 2.05) is 67.6 Å². The van der Waals surface area contributed by atoms with Crippen molar-refractivity contribution < 1.29 is 14.7 Å². The molecule has 1 amide bonds. The summed E-state index contributed by atoms with van der Waals surface area (Å²) in [4.78, 5) is 24.1. The second-order valence-electron chi connectivity index (χ2n) is 5.78. The summed E-state index contributed by atoms with van der Waals surface area (Å²) in [6, 6.07) is 17.8. The van der Waals surface area contributed by atoms with Crippen molar-refractivity contribution in [2.45, 2.75) is 38.1 Å². The summed E-state index contributed by atoms with van der Waals surface area (Å²) in [6.07, 6.45) is 1.96. The standard InChI is InChI=1S/C20H23NO3/c1-2-3-14-17(20(23)24)21-19(22)18(15-10-6-4-7-11-15)16-12-8-5-9-13-16/h4-13,17-18H,2-3,14H2,1H3,(H,21,22)(H,23,24)/p-1/t17-/m0/s1. The van der Waals surface area contributed by atoms with Crippen molar-refractivity contribution >= 4 is 11.9 Å². The Balaban J connectivity index is 2.26. The quantitative estimate of drug-likeness (QED) is 0.809. The van der Waals surface area contributed by atoms with Crippen molar-refractivity contribution in [2.24, 2.45) is 0 Å². The highest BCUT2D eigenvalue weighted by atomic mass is 16.4. The summed E-state index contributed by atoms with van der Waals surface area (Å²) in [5.74, 6) is -2.11. The Kier molecular flexibility index (Phi) is 6.55. The van der Waals surface area contributed by atoms with Crippen LogP contribution in [0.4, 0.5) is 0 Å². The minimum atomic E-state index is -1.24. The molecule has 0 saturated heterocycles. The highest BCUT2D eigenvalue weighted by Crippen LogP contribution is 2.25. The van der Waals surface area contributed by atoms with Gasteiger partial charge in [0, 0.05) is 0 Å². The van der Waals surface area contributed by atoms with Gasteiger partial charge >= 0.3 is 0 Å². The number of rotatable bonds is 8. The Morgan fingerprint density at radius 2 is 1.46 bits per heavy atom. The molecular weight excluding hydrogens is 302 g/mol. The minimum absolute atomic E-state index is 0.322. The van der Waals surface area contributed by atoms with E-state index in [0.29, 0.717) is 6.42 Å². The molecule has 0 fully saturated rings. The van der Waals surface area contributed by atoms with Gasteiger partial charge in [-0.3, -0.25) is 4.79 Å². The van der Waals surface area contributed by atoms with Crippen molar-refractivity contribution in [1.82, 2.24) is 5.32 Å². The average Bonchev–Trinajstić information content (AvgIpc) is 2.60. The molecule has 0 saturated carbocycles. The first-order valence-electron chi connectivity index (χ1n) is 8.24. The minimum Gasteiger partial charge on any atom is -0.548 e. The van der Waals surface area contributed by atoms with Crippen LogP contribution in [0.15, 0.2) is 60.7 Å². The van der Waals surface area contributed by atoms with E-state index in [-0.39, 0.29) is 5.91 Å². The fourth-order valence-corrected chi connectivity index (χ4v) is 2.70. The lowest BCUT2D eigenvalue weighted by Crippen LogP contribution is -2.49. The van der Waals surface area contributed by atoms with Gasteiger partial charge < -0.3 is 15.2 Å². The normalized spacial score (nSPS) is 11.9. The molecule has 126 valence electrons. The summed E-state index contributed by atoms with van der Waals surface area (Å²) in [5, 5.41) is 14.0. The number of benzene rings is 2. The molecule has 4 heteroatoms. The Bertz CT molecular complexity index is 616. The van der Waals surface area contributed by atoms with E-state index in [2.05, 4.69) is 5.32 Å². The first kappa shape index (κ1) is 17.7. The zero-order chi connectivity index (χ0) is 17.4. The lowest BCUT2D eigenvalue weighted by Gasteiger charge is -2.24. The Labute approximate surface area is 142 Å². The fourth-order valence-electron chi connectivity index (χ4n) is 2.70. The molecule has 0 spiro atoms. The summed E-state index contributed by atoms with van der Waals surface area (Å²) in [5.41, 5.74) is 1.66. The topological polar surface area (TPSA) is 69.2 Å². The molecule has 0 aliphatic rings. The zero-order valence-corrected chi connectivity index (χ0v) is 13.8. The number of carbonyl (C=O) groups is 2. The maximum absolute atomic E-state index is 12.8. The first-order chi connectivity index (χ1) is 11.6. The van der Waals surface area contributed by atoms with Gasteiger partial charge in [0.25, 0.3) is 0 Å². The number of unbranched alkanes of at least 4 members (excludes halogenated alkanes) is 1. The SMILES string of the molecule is CCCC[C@H](NC(=O)C(c1ccccc1)c1ccccc1)C(=O)[O-]. The van der Waals surface area contributed by atoms with Crippen LogP contribution in [0.1, 0.15) is 43.2 Å². The van der Waals surface area contributed by atoms with Crippen LogP contribution in [0.5, 0.6) is 0 Å². The Morgan fingerprint density at radius 3 is 1.88 bits per heavy atom. The van der Waals surface area contributed by atoms with Gasteiger partial charge in [-0.05, 0) is 17.5 Å². The molecule has 0 bridgehead atoms. The number of carbonyl (C=O) groups excluding carboxylic acids is 2. The highest BCUT2D eigenvalue weighted by Gasteiger charge is 2.25. The number of aliphatic carboxylic acids is 1. The van der Waals surface area contributed by atoms with Crippen molar-refractivity contribution in [3.05, 3.63) is 71.8 Å². The third-order valence-corrected chi connectivity index (χ3v) is 3.98. The maximum atomic E-state index is 12.8. The van der Waals surface area contributed by atoms with Crippen molar-refractivity contribution in [3.63, 3.8) is 0 Å². The summed E-state index contributed by atoms with van der Waals surface area (Å²) < 4.78 is 0. The Morgan fingerprint density at radius 1 is 0.958 bits per heavy atom. The number of carboxylic acid groups (broad SMARTS) is 1. The first-order valence-corrected chi connectivity index (χ1v) is 8.24. The predicted molar refractivity (Wildman–Crippen MR) is 91.2 cm³/mol. The molecule has 2 aromatic rings. The second kappa shape index (κ2) is 8.87. The monoisotopic (exact) mass is 324 g/mol. The number of carboxylic acids is 1. The smallest absolute Gasteiger partial charge is 0.232 e. The van der Waals surface area contributed by atoms with Crippen molar-refractivity contribution in [2.75, 3.05) is 0 Å². The zero-order valence-electron chi connectivity index (χ0n) is 13.8. The molecule has 0 radical (unpaired) electrons. The number of nitrogens with one attached hydrogen (secondary N) is 1. The lowest BCUT2D eigenvalue weighted by atomic mass is 9.90. The average molecular weight is 324 g/mol. The van der Waals surface area contributed by atoms with Crippen molar-refractivity contribution in [3.8, 4) is 0 Å². The van der Waals surface area contributed by atoms with E-state index in [1.165, 1.54) is 0 Å². The van der Waals surface area contributed by atoms with Crippen LogP contribution >= 0.6 is 0 Å². The lowest BCUT2D eigenvalue weighted by molar-refractivity contribution is -0.308. The van der Waals surface area contributed by atoms with E-state index in [9.17, 15) is 14.7 Å². The largest absolute Gasteiger partial charge is 0.548 e. The summed E-state index contributed by atoms with van der Waals surface area (Å²) >= 11 is 0. The van der Waals surface area contributed by atoms with E-state index in [1.54, 1.807) is 0 Å². The predicted octanol–water partition coefficient (Wildman–Crippen LogP) is 2.24. The van der Waals surface area contributed by atoms with Crippen LogP contribution in [0.2, 0.25) is 0 Å². The summed E-state index contributed by atoms with van der Waals surface area (Å²) in [6.45, 7) is 1.98. The molecule has 0 aliphatic heterocycles. The van der Waals surface area contributed by atoms with Gasteiger partial charge in [0.15, 0.2) is 0 Å². The fraction of sp³-hybridized carbons (Fsp3) is 0.300. The van der Waals surface area contributed by atoms with Gasteiger partial charge in [0.1, 0.15) is 0 Å². The molecule has 2 aromatic carbocycles. The molecule has 0 aromatic heterocycles. The van der Waals surface area contributed by atoms with Gasteiger partial charge in [-0.1, -0.05) is 80.4 Å². The van der Waals surface area contributed by atoms with Gasteiger partial charge in [-0.2, -0.15) is 0 Å². The van der Waals surface area contributed by atoms with Gasteiger partial charge in [-0.15, -0.1) is 0 Å². The summed E-state index contributed by atoms with van der Waals surface area (Å²) in [7, 11) is 0. The van der Waals surface area contributed by atoms with Gasteiger partial charge in [0.05, 0.1) is 17.9 Å². The molecule has 4 nitrogen and oxygen atoms in total. The van der Waals surface area contributed by atoms with Gasteiger partial charge in [0.2, 0.25) is 5.91 Å². The molecule has 0 heterocycles. The third-order valence-electron chi connectivity index (χ3n) is 3.98. The molecule has 1 atom stereocenters. The van der Waals surface area contributed by atoms with E-state index in [0.717, 1.165) is 24.0 Å². The molecule has 0 unspecified atom stereocenters. The van der Waals surface area contributed by atoms with Crippen LogP contribution in [-0.4, -0.2) is 17.9 Å². The van der Waals surface area contributed by atoms with E-state index in [4.69, 9.17) is 0 Å². The van der Waals surface area contributed by atoms with Gasteiger partial charge in [-0.25, -0.2) is 0 Å². The third kappa shape index (κ3) is 4.69. The molecule has 24 heavy (non-hydrogen) atoms. The maximum Gasteiger partial charge on any atom is 0.232 e. The second-order valence-corrected chi connectivity index (χ2v) is 5.78. The Hall–Kier alpha value is -2.62. The molecule has 2 rings (SSSR count).